The van der Waals surface area contributed by atoms with Crippen LogP contribution < -0.4 is 11.1 Å². The van der Waals surface area contributed by atoms with Crippen LogP contribution in [0.25, 0.3) is 10.9 Å². The van der Waals surface area contributed by atoms with Gasteiger partial charge in [0.15, 0.2) is 5.82 Å². The van der Waals surface area contributed by atoms with Gasteiger partial charge in [-0.3, -0.25) is 4.79 Å². The van der Waals surface area contributed by atoms with Gasteiger partial charge < -0.3 is 16.0 Å². The van der Waals surface area contributed by atoms with Crippen LogP contribution in [0.5, 0.6) is 0 Å². The van der Waals surface area contributed by atoms with Gasteiger partial charge in [-0.05, 0) is 67.1 Å². The molecule has 1 aromatic carbocycles. The number of carbonyl (C=O) groups is 1. The van der Waals surface area contributed by atoms with E-state index in [1.165, 1.54) is 17.5 Å². The van der Waals surface area contributed by atoms with Gasteiger partial charge in [-0.1, -0.05) is 6.07 Å². The number of aromatic amines is 1. The average Bonchev–Trinajstić information content (AvgIpc) is 3.10. The number of carbonyl (C=O) groups excluding carboxylic acids is 1. The summed E-state index contributed by atoms with van der Waals surface area (Å²) < 4.78 is 0. The van der Waals surface area contributed by atoms with Crippen LogP contribution >= 0.6 is 0 Å². The molecule has 0 aliphatic heterocycles. The van der Waals surface area contributed by atoms with Crippen LogP contribution in [0.4, 0.5) is 5.82 Å². The van der Waals surface area contributed by atoms with Crippen LogP contribution in [0.3, 0.4) is 0 Å². The number of fused-ring (bicyclic) bond motifs is 2. The molecule has 3 aromatic rings. The topological polar surface area (TPSA) is 83.8 Å². The van der Waals surface area contributed by atoms with Crippen LogP contribution in [0.2, 0.25) is 0 Å². The predicted octanol–water partition coefficient (Wildman–Crippen LogP) is 3.19. The lowest BCUT2D eigenvalue weighted by atomic mass is 9.82. The van der Waals surface area contributed by atoms with Crippen molar-refractivity contribution < 1.29 is 4.79 Å². The van der Waals surface area contributed by atoms with Gasteiger partial charge in [-0.15, -0.1) is 0 Å². The molecular formula is C19H20N4O. The molecule has 122 valence electrons. The maximum atomic E-state index is 12.7. The van der Waals surface area contributed by atoms with E-state index in [1.54, 1.807) is 6.20 Å². The Morgan fingerprint density at radius 1 is 1.33 bits per heavy atom. The lowest BCUT2D eigenvalue weighted by Crippen LogP contribution is -2.20. The van der Waals surface area contributed by atoms with E-state index in [1.807, 2.05) is 30.5 Å². The molecule has 5 heteroatoms. The van der Waals surface area contributed by atoms with E-state index in [0.717, 1.165) is 23.7 Å². The lowest BCUT2D eigenvalue weighted by molar-refractivity contribution is 0.102. The van der Waals surface area contributed by atoms with E-state index in [2.05, 4.69) is 21.4 Å². The van der Waals surface area contributed by atoms with Crippen molar-refractivity contribution in [2.45, 2.75) is 25.2 Å². The highest BCUT2D eigenvalue weighted by Gasteiger charge is 2.21. The van der Waals surface area contributed by atoms with Crippen LogP contribution in [0, 0.1) is 0 Å². The number of H-pyrrole nitrogens is 1. The van der Waals surface area contributed by atoms with Gasteiger partial charge in [0.25, 0.3) is 5.91 Å². The molecule has 1 aliphatic rings. The van der Waals surface area contributed by atoms with Gasteiger partial charge >= 0.3 is 0 Å². The number of nitrogens with zero attached hydrogens (tertiary/aromatic N) is 1. The summed E-state index contributed by atoms with van der Waals surface area (Å²) in [6.07, 6.45) is 6.87. The van der Waals surface area contributed by atoms with Crippen molar-refractivity contribution >= 4 is 22.6 Å². The first-order chi connectivity index (χ1) is 11.8. The number of amides is 1. The number of nitrogens with one attached hydrogen (secondary N) is 2. The standard InChI is InChI=1S/C19H20N4O/c20-11-15-3-1-2-12-4-5-14(10-16(12)15)19(24)23-18-17-13(6-8-21-17)7-9-22-18/h4-10,15,21H,1-3,11,20H2,(H,22,23,24). The smallest absolute Gasteiger partial charge is 0.256 e. The van der Waals surface area contributed by atoms with Crippen molar-refractivity contribution in [3.8, 4) is 0 Å². The summed E-state index contributed by atoms with van der Waals surface area (Å²) in [5.74, 6) is 0.760. The van der Waals surface area contributed by atoms with Gasteiger partial charge in [-0.25, -0.2) is 4.98 Å². The zero-order valence-electron chi connectivity index (χ0n) is 13.4. The predicted molar refractivity (Wildman–Crippen MR) is 95.2 cm³/mol. The average molecular weight is 320 g/mol. The molecule has 0 radical (unpaired) electrons. The van der Waals surface area contributed by atoms with Crippen molar-refractivity contribution in [3.63, 3.8) is 0 Å². The summed E-state index contributed by atoms with van der Waals surface area (Å²) in [4.78, 5) is 20.1. The Labute approximate surface area is 140 Å². The minimum atomic E-state index is -0.145. The Bertz CT molecular complexity index is 899. The zero-order chi connectivity index (χ0) is 16.5. The molecule has 5 nitrogen and oxygen atoms in total. The minimum absolute atomic E-state index is 0.145. The zero-order valence-corrected chi connectivity index (χ0v) is 13.4. The number of aryl methyl sites for hydroxylation is 1. The number of benzene rings is 1. The second kappa shape index (κ2) is 6.09. The van der Waals surface area contributed by atoms with Gasteiger partial charge in [0, 0.05) is 23.3 Å². The summed E-state index contributed by atoms with van der Waals surface area (Å²) >= 11 is 0. The number of rotatable bonds is 3. The number of hydrogen-bond acceptors (Lipinski definition) is 3. The van der Waals surface area contributed by atoms with E-state index in [4.69, 9.17) is 5.73 Å². The number of hydrogen-bond donors (Lipinski definition) is 3. The van der Waals surface area contributed by atoms with Crippen molar-refractivity contribution in [2.75, 3.05) is 11.9 Å². The molecule has 0 saturated carbocycles. The molecule has 0 bridgehead atoms. The third-order valence-electron chi connectivity index (χ3n) is 4.84. The van der Waals surface area contributed by atoms with Crippen LogP contribution in [-0.4, -0.2) is 22.4 Å². The fourth-order valence-electron chi connectivity index (χ4n) is 3.54. The van der Waals surface area contributed by atoms with Crippen LogP contribution in [0.1, 0.15) is 40.2 Å². The largest absolute Gasteiger partial charge is 0.358 e. The number of nitrogens with two attached hydrogens (primary N) is 1. The molecule has 1 unspecified atom stereocenters. The number of pyridine rings is 1. The summed E-state index contributed by atoms with van der Waals surface area (Å²) in [6.45, 7) is 0.626. The first-order valence-electron chi connectivity index (χ1n) is 8.32. The van der Waals surface area contributed by atoms with Gasteiger partial charge in [0.1, 0.15) is 0 Å². The summed E-state index contributed by atoms with van der Waals surface area (Å²) in [5.41, 5.74) is 9.93. The van der Waals surface area contributed by atoms with Crippen LogP contribution in [0.15, 0.2) is 42.7 Å². The SMILES string of the molecule is NCC1CCCc2ccc(C(=O)Nc3nccc4cc[nH]c34)cc21. The highest BCUT2D eigenvalue weighted by Crippen LogP contribution is 2.31. The molecule has 4 N–H and O–H groups in total. The second-order valence-electron chi connectivity index (χ2n) is 6.29. The molecule has 4 rings (SSSR count). The number of anilines is 1. The molecule has 1 aliphatic carbocycles. The van der Waals surface area contributed by atoms with Crippen molar-refractivity contribution in [2.24, 2.45) is 5.73 Å². The number of aromatic nitrogens is 2. The Kier molecular flexibility index (Phi) is 3.78. The second-order valence-corrected chi connectivity index (χ2v) is 6.29. The monoisotopic (exact) mass is 320 g/mol. The third-order valence-corrected chi connectivity index (χ3v) is 4.84. The fraction of sp³-hybridized carbons (Fsp3) is 0.263. The Hall–Kier alpha value is -2.66. The maximum absolute atomic E-state index is 12.7. The minimum Gasteiger partial charge on any atom is -0.358 e. The summed E-state index contributed by atoms with van der Waals surface area (Å²) in [6, 6.07) is 9.82. The van der Waals surface area contributed by atoms with E-state index in [-0.39, 0.29) is 5.91 Å². The molecule has 0 fully saturated rings. The molecule has 2 aromatic heterocycles. The molecule has 1 atom stereocenters. The Morgan fingerprint density at radius 2 is 2.25 bits per heavy atom. The van der Waals surface area contributed by atoms with E-state index < -0.39 is 0 Å². The lowest BCUT2D eigenvalue weighted by Gasteiger charge is -2.24. The fourth-order valence-corrected chi connectivity index (χ4v) is 3.54. The third kappa shape index (κ3) is 2.57. The molecule has 0 saturated heterocycles. The molecular weight excluding hydrogens is 300 g/mol. The normalized spacial score (nSPS) is 16.8. The van der Waals surface area contributed by atoms with Gasteiger partial charge in [-0.2, -0.15) is 0 Å². The molecule has 1 amide bonds. The molecule has 24 heavy (non-hydrogen) atoms. The van der Waals surface area contributed by atoms with E-state index >= 15 is 0 Å². The van der Waals surface area contributed by atoms with Gasteiger partial charge in [0.2, 0.25) is 0 Å². The summed E-state index contributed by atoms with van der Waals surface area (Å²) in [7, 11) is 0. The first-order valence-corrected chi connectivity index (χ1v) is 8.32. The van der Waals surface area contributed by atoms with E-state index in [9.17, 15) is 4.79 Å². The van der Waals surface area contributed by atoms with Crippen LogP contribution in [-0.2, 0) is 6.42 Å². The van der Waals surface area contributed by atoms with Crippen molar-refractivity contribution in [1.82, 2.24) is 9.97 Å². The van der Waals surface area contributed by atoms with E-state index in [0.29, 0.717) is 23.8 Å². The van der Waals surface area contributed by atoms with Crippen molar-refractivity contribution in [3.05, 3.63) is 59.4 Å². The molecule has 0 spiro atoms. The summed E-state index contributed by atoms with van der Waals surface area (Å²) in [5, 5.41) is 3.94. The van der Waals surface area contributed by atoms with Crippen molar-refractivity contribution in [1.29, 1.82) is 0 Å². The highest BCUT2D eigenvalue weighted by atomic mass is 16.1. The quantitative estimate of drug-likeness (QED) is 0.693. The van der Waals surface area contributed by atoms with Gasteiger partial charge in [0.05, 0.1) is 5.52 Å². The molecule has 2 heterocycles. The highest BCUT2D eigenvalue weighted by molar-refractivity contribution is 6.07. The Morgan fingerprint density at radius 3 is 3.12 bits per heavy atom. The Balaban J connectivity index is 1.64. The maximum Gasteiger partial charge on any atom is 0.256 e. The first kappa shape index (κ1) is 14.9.